The van der Waals surface area contributed by atoms with Crippen LogP contribution in [0.4, 0.5) is 5.69 Å². The van der Waals surface area contributed by atoms with Gasteiger partial charge in [-0.25, -0.2) is 0 Å². The first-order valence-electron chi connectivity index (χ1n) is 6.13. The minimum absolute atomic E-state index is 0.166. The number of aryl methyl sites for hydroxylation is 1. The van der Waals surface area contributed by atoms with Gasteiger partial charge in [0.1, 0.15) is 11.5 Å². The number of nitrogens with two attached hydrogens (primary N) is 1. The Balaban J connectivity index is 2.81. The van der Waals surface area contributed by atoms with Gasteiger partial charge in [0, 0.05) is 18.2 Å². The van der Waals surface area contributed by atoms with Crippen LogP contribution in [0, 0.1) is 6.92 Å². The van der Waals surface area contributed by atoms with Gasteiger partial charge in [0.15, 0.2) is 0 Å². The van der Waals surface area contributed by atoms with E-state index in [1.165, 1.54) is 0 Å². The highest BCUT2D eigenvalue weighted by Gasteiger charge is 2.12. The van der Waals surface area contributed by atoms with E-state index in [9.17, 15) is 0 Å². The Bertz CT molecular complexity index is 398. The standard InChI is InChI=1S/C14H24N2O2/c1-10-8-11(17-4)9-12(18-5)13(10)16-7-6-14(2,3)15/h8-9,16H,6-7,15H2,1-5H3. The third kappa shape index (κ3) is 4.11. The average molecular weight is 252 g/mol. The van der Waals surface area contributed by atoms with Crippen LogP contribution in [-0.2, 0) is 0 Å². The molecule has 1 aromatic rings. The molecule has 0 unspecified atom stereocenters. The van der Waals surface area contributed by atoms with E-state index in [1.54, 1.807) is 14.2 Å². The first-order chi connectivity index (χ1) is 8.37. The molecule has 0 radical (unpaired) electrons. The normalized spacial score (nSPS) is 11.2. The fourth-order valence-electron chi connectivity index (χ4n) is 1.74. The van der Waals surface area contributed by atoms with Crippen LogP contribution in [0.3, 0.4) is 0 Å². The van der Waals surface area contributed by atoms with E-state index >= 15 is 0 Å². The molecule has 0 amide bonds. The van der Waals surface area contributed by atoms with E-state index in [4.69, 9.17) is 15.2 Å². The summed E-state index contributed by atoms with van der Waals surface area (Å²) in [4.78, 5) is 0. The molecule has 0 saturated heterocycles. The molecule has 0 atom stereocenters. The van der Waals surface area contributed by atoms with Crippen molar-refractivity contribution in [3.63, 3.8) is 0 Å². The molecule has 3 N–H and O–H groups in total. The van der Waals surface area contributed by atoms with Gasteiger partial charge in [-0.15, -0.1) is 0 Å². The Morgan fingerprint density at radius 3 is 2.39 bits per heavy atom. The summed E-state index contributed by atoms with van der Waals surface area (Å²) in [6.45, 7) is 6.88. The number of anilines is 1. The number of ether oxygens (including phenoxy) is 2. The summed E-state index contributed by atoms with van der Waals surface area (Å²) in [5.41, 5.74) is 7.90. The van der Waals surface area contributed by atoms with Crippen molar-refractivity contribution >= 4 is 5.69 Å². The molecule has 0 aliphatic heterocycles. The smallest absolute Gasteiger partial charge is 0.145 e. The van der Waals surface area contributed by atoms with E-state index in [1.807, 2.05) is 32.9 Å². The van der Waals surface area contributed by atoms with Crippen LogP contribution in [0.2, 0.25) is 0 Å². The summed E-state index contributed by atoms with van der Waals surface area (Å²) in [5.74, 6) is 1.59. The van der Waals surface area contributed by atoms with Gasteiger partial charge in [-0.2, -0.15) is 0 Å². The molecule has 0 spiro atoms. The number of benzene rings is 1. The van der Waals surface area contributed by atoms with E-state index in [2.05, 4.69) is 5.32 Å². The lowest BCUT2D eigenvalue weighted by Crippen LogP contribution is -2.34. The zero-order valence-corrected chi connectivity index (χ0v) is 12.0. The molecular formula is C14H24N2O2. The Morgan fingerprint density at radius 1 is 1.22 bits per heavy atom. The Kier molecular flexibility index (Phi) is 4.84. The van der Waals surface area contributed by atoms with Crippen LogP contribution in [0.15, 0.2) is 12.1 Å². The summed E-state index contributed by atoms with van der Waals surface area (Å²) in [5, 5.41) is 3.38. The zero-order chi connectivity index (χ0) is 13.8. The topological polar surface area (TPSA) is 56.5 Å². The third-order valence-corrected chi connectivity index (χ3v) is 2.80. The number of methoxy groups -OCH3 is 2. The number of nitrogens with one attached hydrogen (secondary N) is 1. The molecule has 0 aromatic heterocycles. The van der Waals surface area contributed by atoms with Crippen LogP contribution < -0.4 is 20.5 Å². The van der Waals surface area contributed by atoms with Crippen LogP contribution >= 0.6 is 0 Å². The maximum atomic E-state index is 5.96. The Hall–Kier alpha value is -1.42. The van der Waals surface area contributed by atoms with E-state index in [-0.39, 0.29) is 5.54 Å². The van der Waals surface area contributed by atoms with Gasteiger partial charge in [0.05, 0.1) is 19.9 Å². The molecule has 0 aliphatic rings. The van der Waals surface area contributed by atoms with Crippen molar-refractivity contribution in [2.45, 2.75) is 32.7 Å². The quantitative estimate of drug-likeness (QED) is 0.817. The second kappa shape index (κ2) is 5.96. The molecule has 18 heavy (non-hydrogen) atoms. The van der Waals surface area contributed by atoms with Gasteiger partial charge in [-0.05, 0) is 38.8 Å². The molecule has 4 nitrogen and oxygen atoms in total. The van der Waals surface area contributed by atoms with Crippen molar-refractivity contribution < 1.29 is 9.47 Å². The second-order valence-electron chi connectivity index (χ2n) is 5.19. The van der Waals surface area contributed by atoms with Crippen molar-refractivity contribution in [2.24, 2.45) is 5.73 Å². The first kappa shape index (κ1) is 14.6. The van der Waals surface area contributed by atoms with E-state index in [0.29, 0.717) is 0 Å². The monoisotopic (exact) mass is 252 g/mol. The van der Waals surface area contributed by atoms with Crippen molar-refractivity contribution in [1.82, 2.24) is 0 Å². The van der Waals surface area contributed by atoms with Crippen LogP contribution in [0.25, 0.3) is 0 Å². The van der Waals surface area contributed by atoms with E-state index in [0.717, 1.165) is 35.7 Å². The molecular weight excluding hydrogens is 228 g/mol. The van der Waals surface area contributed by atoms with Crippen molar-refractivity contribution in [3.05, 3.63) is 17.7 Å². The Morgan fingerprint density at radius 2 is 1.89 bits per heavy atom. The minimum Gasteiger partial charge on any atom is -0.497 e. The fraction of sp³-hybridized carbons (Fsp3) is 0.571. The predicted octanol–water partition coefficient (Wildman–Crippen LogP) is 2.55. The van der Waals surface area contributed by atoms with Crippen molar-refractivity contribution in [3.8, 4) is 11.5 Å². The predicted molar refractivity (Wildman–Crippen MR) is 75.7 cm³/mol. The Labute approximate surface area is 109 Å². The second-order valence-corrected chi connectivity index (χ2v) is 5.19. The van der Waals surface area contributed by atoms with Crippen LogP contribution in [0.5, 0.6) is 11.5 Å². The van der Waals surface area contributed by atoms with Crippen molar-refractivity contribution in [2.75, 3.05) is 26.1 Å². The van der Waals surface area contributed by atoms with Gasteiger partial charge >= 0.3 is 0 Å². The SMILES string of the molecule is COc1cc(C)c(NCCC(C)(C)N)c(OC)c1. The highest BCUT2D eigenvalue weighted by molar-refractivity contribution is 5.64. The molecule has 0 saturated carbocycles. The molecule has 0 aliphatic carbocycles. The highest BCUT2D eigenvalue weighted by atomic mass is 16.5. The summed E-state index contributed by atoms with van der Waals surface area (Å²) in [6, 6.07) is 3.86. The highest BCUT2D eigenvalue weighted by Crippen LogP contribution is 2.33. The van der Waals surface area contributed by atoms with Gasteiger partial charge < -0.3 is 20.5 Å². The first-order valence-corrected chi connectivity index (χ1v) is 6.13. The van der Waals surface area contributed by atoms with Crippen LogP contribution in [0.1, 0.15) is 25.8 Å². The molecule has 0 bridgehead atoms. The van der Waals surface area contributed by atoms with Gasteiger partial charge in [-0.1, -0.05) is 0 Å². The third-order valence-electron chi connectivity index (χ3n) is 2.80. The molecule has 4 heteroatoms. The van der Waals surface area contributed by atoms with Crippen molar-refractivity contribution in [1.29, 1.82) is 0 Å². The summed E-state index contributed by atoms with van der Waals surface area (Å²) in [7, 11) is 3.31. The average Bonchev–Trinajstić information content (AvgIpc) is 2.29. The molecule has 0 fully saturated rings. The van der Waals surface area contributed by atoms with Gasteiger partial charge in [0.2, 0.25) is 0 Å². The maximum Gasteiger partial charge on any atom is 0.145 e. The minimum atomic E-state index is -0.166. The lowest BCUT2D eigenvalue weighted by Gasteiger charge is -2.20. The summed E-state index contributed by atoms with van der Waals surface area (Å²) < 4.78 is 10.6. The summed E-state index contributed by atoms with van der Waals surface area (Å²) >= 11 is 0. The largest absolute Gasteiger partial charge is 0.497 e. The molecule has 1 aromatic carbocycles. The molecule has 0 heterocycles. The molecule has 102 valence electrons. The fourth-order valence-corrected chi connectivity index (χ4v) is 1.74. The number of rotatable bonds is 6. The lowest BCUT2D eigenvalue weighted by atomic mass is 10.0. The number of hydrogen-bond acceptors (Lipinski definition) is 4. The van der Waals surface area contributed by atoms with E-state index < -0.39 is 0 Å². The van der Waals surface area contributed by atoms with Gasteiger partial charge in [0.25, 0.3) is 0 Å². The summed E-state index contributed by atoms with van der Waals surface area (Å²) in [6.07, 6.45) is 0.890. The number of hydrogen-bond donors (Lipinski definition) is 2. The van der Waals surface area contributed by atoms with Gasteiger partial charge in [-0.3, -0.25) is 0 Å². The maximum absolute atomic E-state index is 5.96. The van der Waals surface area contributed by atoms with Crippen LogP contribution in [-0.4, -0.2) is 26.3 Å². The lowest BCUT2D eigenvalue weighted by molar-refractivity contribution is 0.394. The molecule has 1 rings (SSSR count). The zero-order valence-electron chi connectivity index (χ0n) is 12.0.